The fourth-order valence-electron chi connectivity index (χ4n) is 2.02. The van der Waals surface area contributed by atoms with E-state index in [1.165, 1.54) is 0 Å². The summed E-state index contributed by atoms with van der Waals surface area (Å²) in [6.07, 6.45) is 0.0475. The number of hydrogen-bond donors (Lipinski definition) is 3. The molecule has 0 aliphatic carbocycles. The van der Waals surface area contributed by atoms with Gasteiger partial charge in [-0.15, -0.1) is 0 Å². The minimum absolute atomic E-state index is 0.0475. The second-order valence-electron chi connectivity index (χ2n) is 5.39. The van der Waals surface area contributed by atoms with Crippen molar-refractivity contribution < 1.29 is 14.0 Å². The normalized spacial score (nSPS) is 11.5. The minimum Gasteiger partial charge on any atom is -0.451 e. The highest BCUT2D eigenvalue weighted by molar-refractivity contribution is 5.97. The Balaban J connectivity index is 2.21. The number of furan rings is 1. The van der Waals surface area contributed by atoms with E-state index >= 15 is 0 Å². The molecule has 2 amide bonds. The van der Waals surface area contributed by atoms with Gasteiger partial charge >= 0.3 is 0 Å². The van der Waals surface area contributed by atoms with Crippen LogP contribution in [0.15, 0.2) is 28.7 Å². The van der Waals surface area contributed by atoms with Crippen molar-refractivity contribution in [3.05, 3.63) is 30.0 Å². The number of nitrogens with one attached hydrogen (secondary N) is 1. The number of hydrogen-bond acceptors (Lipinski definition) is 4. The Morgan fingerprint density at radius 1 is 1.30 bits per heavy atom. The first kappa shape index (κ1) is 13.9. The molecule has 5 N–H and O–H groups in total. The Morgan fingerprint density at radius 2 is 2.00 bits per heavy atom. The predicted molar refractivity (Wildman–Crippen MR) is 76.0 cm³/mol. The average Bonchev–Trinajstić information content (AvgIpc) is 2.69. The van der Waals surface area contributed by atoms with Crippen LogP contribution in [0.3, 0.4) is 0 Å². The first-order chi connectivity index (χ1) is 9.27. The Bertz CT molecular complexity index is 673. The fraction of sp³-hybridized carbons (Fsp3) is 0.286. The second kappa shape index (κ2) is 4.88. The highest BCUT2D eigenvalue weighted by atomic mass is 16.3. The van der Waals surface area contributed by atoms with Crippen LogP contribution in [-0.4, -0.2) is 17.4 Å². The molecular weight excluding hydrogens is 258 g/mol. The lowest BCUT2D eigenvalue weighted by molar-refractivity contribution is -0.119. The fourth-order valence-corrected chi connectivity index (χ4v) is 2.02. The quantitative estimate of drug-likeness (QED) is 0.732. The molecule has 0 saturated heterocycles. The number of primary amides is 1. The number of nitrogen functional groups attached to an aromatic ring is 1. The number of benzene rings is 1. The summed E-state index contributed by atoms with van der Waals surface area (Å²) in [6, 6.07) is 6.74. The van der Waals surface area contributed by atoms with Crippen molar-refractivity contribution in [2.75, 3.05) is 5.73 Å². The molecule has 0 fully saturated rings. The summed E-state index contributed by atoms with van der Waals surface area (Å²) in [5, 5.41) is 3.47. The molecule has 0 saturated carbocycles. The molecule has 2 rings (SSSR count). The van der Waals surface area contributed by atoms with Crippen molar-refractivity contribution >= 4 is 28.5 Å². The van der Waals surface area contributed by atoms with Crippen molar-refractivity contribution in [3.8, 4) is 0 Å². The Morgan fingerprint density at radius 3 is 2.65 bits per heavy atom. The van der Waals surface area contributed by atoms with Gasteiger partial charge in [0.1, 0.15) is 5.58 Å². The zero-order valence-electron chi connectivity index (χ0n) is 11.4. The van der Waals surface area contributed by atoms with Gasteiger partial charge in [0.05, 0.1) is 0 Å². The molecule has 2 aromatic rings. The average molecular weight is 275 g/mol. The molecule has 0 aliphatic heterocycles. The van der Waals surface area contributed by atoms with Gasteiger partial charge < -0.3 is 21.2 Å². The summed E-state index contributed by atoms with van der Waals surface area (Å²) >= 11 is 0. The predicted octanol–water partition coefficient (Wildman–Crippen LogP) is 1.40. The monoisotopic (exact) mass is 275 g/mol. The van der Waals surface area contributed by atoms with Gasteiger partial charge in [0, 0.05) is 23.0 Å². The van der Waals surface area contributed by atoms with Gasteiger partial charge in [0.25, 0.3) is 5.91 Å². The molecule has 6 nitrogen and oxygen atoms in total. The van der Waals surface area contributed by atoms with Crippen LogP contribution >= 0.6 is 0 Å². The van der Waals surface area contributed by atoms with Crippen LogP contribution in [0, 0.1) is 0 Å². The van der Waals surface area contributed by atoms with E-state index in [4.69, 9.17) is 15.9 Å². The van der Waals surface area contributed by atoms with Crippen LogP contribution < -0.4 is 16.8 Å². The highest BCUT2D eigenvalue weighted by Gasteiger charge is 2.25. The van der Waals surface area contributed by atoms with Gasteiger partial charge in [0.2, 0.25) is 5.91 Å². The molecule has 0 atom stereocenters. The van der Waals surface area contributed by atoms with Crippen LogP contribution in [0.25, 0.3) is 11.0 Å². The maximum Gasteiger partial charge on any atom is 0.287 e. The van der Waals surface area contributed by atoms with Crippen LogP contribution in [0.4, 0.5) is 5.69 Å². The van der Waals surface area contributed by atoms with Crippen molar-refractivity contribution in [2.24, 2.45) is 5.73 Å². The second-order valence-corrected chi connectivity index (χ2v) is 5.39. The molecule has 0 bridgehead atoms. The van der Waals surface area contributed by atoms with E-state index in [1.54, 1.807) is 38.1 Å². The smallest absolute Gasteiger partial charge is 0.287 e. The minimum atomic E-state index is -0.735. The topological polar surface area (TPSA) is 111 Å². The van der Waals surface area contributed by atoms with Crippen LogP contribution in [0.2, 0.25) is 0 Å². The lowest BCUT2D eigenvalue weighted by Crippen LogP contribution is -2.45. The van der Waals surface area contributed by atoms with Crippen molar-refractivity contribution in [1.29, 1.82) is 0 Å². The van der Waals surface area contributed by atoms with E-state index in [-0.39, 0.29) is 12.2 Å². The summed E-state index contributed by atoms with van der Waals surface area (Å²) < 4.78 is 5.45. The zero-order chi connectivity index (χ0) is 14.9. The molecule has 106 valence electrons. The number of amides is 2. The van der Waals surface area contributed by atoms with Gasteiger partial charge in [-0.2, -0.15) is 0 Å². The van der Waals surface area contributed by atoms with E-state index in [1.807, 2.05) is 0 Å². The molecule has 0 unspecified atom stereocenters. The first-order valence-corrected chi connectivity index (χ1v) is 6.17. The lowest BCUT2D eigenvalue weighted by Gasteiger charge is -2.23. The van der Waals surface area contributed by atoms with E-state index in [0.717, 1.165) is 5.39 Å². The summed E-state index contributed by atoms with van der Waals surface area (Å²) in [5.41, 5.74) is 11.3. The summed E-state index contributed by atoms with van der Waals surface area (Å²) in [5.74, 6) is -0.707. The number of rotatable bonds is 4. The van der Waals surface area contributed by atoms with Crippen LogP contribution in [0.1, 0.15) is 30.8 Å². The van der Waals surface area contributed by atoms with Crippen LogP contribution in [0.5, 0.6) is 0 Å². The number of anilines is 1. The van der Waals surface area contributed by atoms with Crippen LogP contribution in [-0.2, 0) is 4.79 Å². The van der Waals surface area contributed by atoms with Crippen molar-refractivity contribution in [1.82, 2.24) is 5.32 Å². The number of nitrogens with two attached hydrogens (primary N) is 2. The van der Waals surface area contributed by atoms with E-state index in [2.05, 4.69) is 5.32 Å². The van der Waals surface area contributed by atoms with Gasteiger partial charge in [-0.3, -0.25) is 9.59 Å². The molecule has 20 heavy (non-hydrogen) atoms. The zero-order valence-corrected chi connectivity index (χ0v) is 11.4. The first-order valence-electron chi connectivity index (χ1n) is 6.17. The van der Waals surface area contributed by atoms with E-state index in [0.29, 0.717) is 11.3 Å². The lowest BCUT2D eigenvalue weighted by atomic mass is 10.0. The molecular formula is C14H17N3O3. The summed E-state index contributed by atoms with van der Waals surface area (Å²) in [4.78, 5) is 23.1. The molecule has 1 aromatic heterocycles. The maximum absolute atomic E-state index is 12.1. The Kier molecular flexibility index (Phi) is 3.40. The van der Waals surface area contributed by atoms with Gasteiger partial charge in [-0.1, -0.05) is 0 Å². The third-order valence-corrected chi connectivity index (χ3v) is 2.83. The van der Waals surface area contributed by atoms with E-state index in [9.17, 15) is 9.59 Å². The SMILES string of the molecule is CC(C)(CC(N)=O)NC(=O)c1cc2cc(N)ccc2o1. The summed E-state index contributed by atoms with van der Waals surface area (Å²) in [6.45, 7) is 3.44. The third-order valence-electron chi connectivity index (χ3n) is 2.83. The van der Waals surface area contributed by atoms with Gasteiger partial charge in [-0.05, 0) is 38.1 Å². The molecule has 6 heteroatoms. The van der Waals surface area contributed by atoms with Gasteiger partial charge in [0.15, 0.2) is 5.76 Å². The molecule has 0 radical (unpaired) electrons. The maximum atomic E-state index is 12.1. The van der Waals surface area contributed by atoms with E-state index < -0.39 is 17.4 Å². The Hall–Kier alpha value is -2.50. The number of fused-ring (bicyclic) bond motifs is 1. The largest absolute Gasteiger partial charge is 0.451 e. The molecule has 0 spiro atoms. The molecule has 1 aromatic carbocycles. The standard InChI is InChI=1S/C14H17N3O3/c1-14(2,7-12(16)18)17-13(19)11-6-8-5-9(15)3-4-10(8)20-11/h3-6H,7,15H2,1-2H3,(H2,16,18)(H,17,19). The third kappa shape index (κ3) is 3.09. The van der Waals surface area contributed by atoms with Crippen molar-refractivity contribution in [2.45, 2.75) is 25.8 Å². The Labute approximate surface area is 116 Å². The molecule has 0 aliphatic rings. The number of carbonyl (C=O) groups is 2. The van der Waals surface area contributed by atoms with Crippen molar-refractivity contribution in [3.63, 3.8) is 0 Å². The molecule has 1 heterocycles. The number of carbonyl (C=O) groups excluding carboxylic acids is 2. The highest BCUT2D eigenvalue weighted by Crippen LogP contribution is 2.22. The summed E-state index contributed by atoms with van der Waals surface area (Å²) in [7, 11) is 0. The van der Waals surface area contributed by atoms with Gasteiger partial charge in [-0.25, -0.2) is 0 Å².